The van der Waals surface area contributed by atoms with Gasteiger partial charge in [-0.1, -0.05) is 6.92 Å². The summed E-state index contributed by atoms with van der Waals surface area (Å²) in [5.41, 5.74) is 0. The molecule has 1 aliphatic rings. The predicted molar refractivity (Wildman–Crippen MR) is 53.5 cm³/mol. The van der Waals surface area contributed by atoms with Crippen molar-refractivity contribution < 1.29 is 4.79 Å². The molecule has 0 saturated carbocycles. The summed E-state index contributed by atoms with van der Waals surface area (Å²) in [6.07, 6.45) is 0. The second-order valence-corrected chi connectivity index (χ2v) is 4.32. The summed E-state index contributed by atoms with van der Waals surface area (Å²) in [4.78, 5) is 13.8. The number of rotatable bonds is 1. The van der Waals surface area contributed by atoms with E-state index in [1.54, 1.807) is 0 Å². The fourth-order valence-corrected chi connectivity index (χ4v) is 1.67. The van der Waals surface area contributed by atoms with E-state index in [1.807, 2.05) is 11.8 Å². The summed E-state index contributed by atoms with van der Waals surface area (Å²) >= 11 is 0. The molecule has 13 heavy (non-hydrogen) atoms. The first kappa shape index (κ1) is 10.5. The first-order valence-electron chi connectivity index (χ1n) is 5.06. The molecule has 0 bridgehead atoms. The third-order valence-corrected chi connectivity index (χ3v) is 2.56. The zero-order valence-corrected chi connectivity index (χ0v) is 9.00. The van der Waals surface area contributed by atoms with Crippen LogP contribution in [0.5, 0.6) is 0 Å². The Morgan fingerprint density at radius 1 is 1.46 bits per heavy atom. The molecule has 0 aromatic carbocycles. The molecule has 0 spiro atoms. The van der Waals surface area contributed by atoms with Crippen LogP contribution in [0.3, 0.4) is 0 Å². The molecule has 1 rings (SSSR count). The lowest BCUT2D eigenvalue weighted by Gasteiger charge is -2.27. The van der Waals surface area contributed by atoms with Crippen molar-refractivity contribution in [3.05, 3.63) is 0 Å². The third-order valence-electron chi connectivity index (χ3n) is 2.56. The van der Waals surface area contributed by atoms with Gasteiger partial charge in [0.15, 0.2) is 0 Å². The van der Waals surface area contributed by atoms with Crippen LogP contribution in [-0.2, 0) is 4.79 Å². The van der Waals surface area contributed by atoms with Crippen molar-refractivity contribution in [1.82, 2.24) is 10.2 Å². The maximum Gasteiger partial charge on any atom is 0.239 e. The number of nitrogens with zero attached hydrogens (tertiary/aromatic N) is 1. The van der Waals surface area contributed by atoms with Crippen LogP contribution >= 0.6 is 0 Å². The number of amides is 1. The van der Waals surface area contributed by atoms with Crippen LogP contribution in [-0.4, -0.2) is 36.0 Å². The van der Waals surface area contributed by atoms with Gasteiger partial charge in [-0.2, -0.15) is 0 Å². The molecular formula is C10H20N2O. The van der Waals surface area contributed by atoms with Crippen molar-refractivity contribution in [1.29, 1.82) is 0 Å². The third kappa shape index (κ3) is 2.44. The number of hydrogen-bond donors (Lipinski definition) is 1. The van der Waals surface area contributed by atoms with Crippen molar-refractivity contribution >= 4 is 5.91 Å². The Morgan fingerprint density at radius 3 is 2.62 bits per heavy atom. The van der Waals surface area contributed by atoms with Gasteiger partial charge in [0, 0.05) is 19.1 Å². The lowest BCUT2D eigenvalue weighted by Crippen LogP contribution is -2.44. The van der Waals surface area contributed by atoms with Gasteiger partial charge < -0.3 is 10.2 Å². The van der Waals surface area contributed by atoms with Gasteiger partial charge in [0.2, 0.25) is 5.91 Å². The van der Waals surface area contributed by atoms with Crippen molar-refractivity contribution in [3.8, 4) is 0 Å². The number of carbonyl (C=O) groups is 1. The van der Waals surface area contributed by atoms with Crippen molar-refractivity contribution in [2.75, 3.05) is 13.1 Å². The lowest BCUT2D eigenvalue weighted by atomic mass is 10.1. The SMILES string of the molecule is CC1CNC(C)C(=O)N(C(C)C)C1. The molecule has 1 amide bonds. The minimum absolute atomic E-state index is 0.0210. The molecule has 3 nitrogen and oxygen atoms in total. The van der Waals surface area contributed by atoms with Crippen LogP contribution in [0, 0.1) is 5.92 Å². The molecular weight excluding hydrogens is 164 g/mol. The zero-order chi connectivity index (χ0) is 10.0. The molecule has 2 unspecified atom stereocenters. The van der Waals surface area contributed by atoms with Crippen LogP contribution in [0.1, 0.15) is 27.7 Å². The molecule has 76 valence electrons. The minimum atomic E-state index is -0.0210. The molecule has 1 fully saturated rings. The number of carbonyl (C=O) groups excluding carboxylic acids is 1. The summed E-state index contributed by atoms with van der Waals surface area (Å²) in [5.74, 6) is 0.788. The number of nitrogens with one attached hydrogen (secondary N) is 1. The highest BCUT2D eigenvalue weighted by Gasteiger charge is 2.27. The topological polar surface area (TPSA) is 32.3 Å². The van der Waals surface area contributed by atoms with E-state index in [0.717, 1.165) is 13.1 Å². The van der Waals surface area contributed by atoms with Gasteiger partial charge in [0.05, 0.1) is 6.04 Å². The molecule has 0 aromatic heterocycles. The molecule has 2 atom stereocenters. The van der Waals surface area contributed by atoms with Gasteiger partial charge in [0.25, 0.3) is 0 Å². The highest BCUT2D eigenvalue weighted by molar-refractivity contribution is 5.82. The van der Waals surface area contributed by atoms with Crippen molar-refractivity contribution in [2.24, 2.45) is 5.92 Å². The second-order valence-electron chi connectivity index (χ2n) is 4.32. The molecule has 0 aromatic rings. The van der Waals surface area contributed by atoms with Crippen LogP contribution < -0.4 is 5.32 Å². The average molecular weight is 184 g/mol. The van der Waals surface area contributed by atoms with E-state index in [9.17, 15) is 4.79 Å². The van der Waals surface area contributed by atoms with E-state index in [0.29, 0.717) is 12.0 Å². The Balaban J connectivity index is 2.72. The van der Waals surface area contributed by atoms with E-state index in [4.69, 9.17) is 0 Å². The van der Waals surface area contributed by atoms with E-state index in [-0.39, 0.29) is 11.9 Å². The average Bonchev–Trinajstić information content (AvgIpc) is 2.18. The minimum Gasteiger partial charge on any atom is -0.339 e. The van der Waals surface area contributed by atoms with Crippen molar-refractivity contribution in [2.45, 2.75) is 39.8 Å². The Kier molecular flexibility index (Phi) is 3.31. The quantitative estimate of drug-likeness (QED) is 0.655. The van der Waals surface area contributed by atoms with Crippen LogP contribution in [0.2, 0.25) is 0 Å². The maximum atomic E-state index is 11.8. The highest BCUT2D eigenvalue weighted by Crippen LogP contribution is 2.10. The van der Waals surface area contributed by atoms with E-state index < -0.39 is 0 Å². The normalized spacial score (nSPS) is 30.8. The predicted octanol–water partition coefficient (Wildman–Crippen LogP) is 0.851. The van der Waals surface area contributed by atoms with E-state index >= 15 is 0 Å². The standard InChI is InChI=1S/C10H20N2O/c1-7(2)12-6-8(3)5-11-9(4)10(12)13/h7-9,11H,5-6H2,1-4H3. The first-order valence-corrected chi connectivity index (χ1v) is 5.06. The van der Waals surface area contributed by atoms with Gasteiger partial charge in [-0.15, -0.1) is 0 Å². The van der Waals surface area contributed by atoms with Gasteiger partial charge in [-0.3, -0.25) is 4.79 Å². The summed E-state index contributed by atoms with van der Waals surface area (Å²) in [5, 5.41) is 3.24. The Labute approximate surface area is 80.5 Å². The van der Waals surface area contributed by atoms with Crippen LogP contribution in [0.15, 0.2) is 0 Å². The molecule has 3 heteroatoms. The molecule has 1 saturated heterocycles. The lowest BCUT2D eigenvalue weighted by molar-refractivity contribution is -0.134. The van der Waals surface area contributed by atoms with Gasteiger partial charge >= 0.3 is 0 Å². The smallest absolute Gasteiger partial charge is 0.239 e. The zero-order valence-electron chi connectivity index (χ0n) is 9.00. The summed E-state index contributed by atoms with van der Waals surface area (Å²) in [7, 11) is 0. The molecule has 1 aliphatic heterocycles. The highest BCUT2D eigenvalue weighted by atomic mass is 16.2. The molecule has 1 heterocycles. The van der Waals surface area contributed by atoms with Gasteiger partial charge in [-0.05, 0) is 26.7 Å². The maximum absolute atomic E-state index is 11.8. The van der Waals surface area contributed by atoms with E-state index in [2.05, 4.69) is 26.1 Å². The van der Waals surface area contributed by atoms with E-state index in [1.165, 1.54) is 0 Å². The van der Waals surface area contributed by atoms with Gasteiger partial charge in [0.1, 0.15) is 0 Å². The molecule has 1 N–H and O–H groups in total. The van der Waals surface area contributed by atoms with Crippen LogP contribution in [0.4, 0.5) is 0 Å². The number of hydrogen-bond acceptors (Lipinski definition) is 2. The largest absolute Gasteiger partial charge is 0.339 e. The summed E-state index contributed by atoms with van der Waals surface area (Å²) < 4.78 is 0. The fraction of sp³-hybridized carbons (Fsp3) is 0.900. The Morgan fingerprint density at radius 2 is 2.08 bits per heavy atom. The fourth-order valence-electron chi connectivity index (χ4n) is 1.67. The first-order chi connectivity index (χ1) is 6.02. The van der Waals surface area contributed by atoms with Gasteiger partial charge in [-0.25, -0.2) is 0 Å². The van der Waals surface area contributed by atoms with Crippen molar-refractivity contribution in [3.63, 3.8) is 0 Å². The summed E-state index contributed by atoms with van der Waals surface area (Å²) in [6.45, 7) is 10.1. The van der Waals surface area contributed by atoms with Crippen LogP contribution in [0.25, 0.3) is 0 Å². The Bertz CT molecular complexity index is 191. The summed E-state index contributed by atoms with van der Waals surface area (Å²) in [6, 6.07) is 0.296. The molecule has 0 aliphatic carbocycles. The Hall–Kier alpha value is -0.570. The second kappa shape index (κ2) is 4.09. The molecule has 0 radical (unpaired) electrons. The monoisotopic (exact) mass is 184 g/mol.